The number of carbonyl (C=O) groups excluding carboxylic acids is 2. The molecule has 0 aliphatic rings. The Kier molecular flexibility index (Phi) is 3.65. The summed E-state index contributed by atoms with van der Waals surface area (Å²) in [4.78, 5) is 21.5. The number of carbonyl (C=O) groups is 1. The summed E-state index contributed by atoms with van der Waals surface area (Å²) in [6.45, 7) is 0. The number of esters is 1. The molecule has 0 N–H and O–H groups in total. The Balaban J connectivity index is 2.78. The van der Waals surface area contributed by atoms with Crippen LogP contribution in [0.3, 0.4) is 0 Å². The fraction of sp³-hybridized carbons (Fsp3) is 0.182. The van der Waals surface area contributed by atoms with Crippen LogP contribution >= 0.6 is 0 Å². The molecule has 0 amide bonds. The molecule has 1 aromatic carbocycles. The van der Waals surface area contributed by atoms with Gasteiger partial charge in [-0.2, -0.15) is 0 Å². The van der Waals surface area contributed by atoms with Gasteiger partial charge < -0.3 is 4.74 Å². The van der Waals surface area contributed by atoms with Gasteiger partial charge in [0, 0.05) is 6.42 Å². The summed E-state index contributed by atoms with van der Waals surface area (Å²) < 4.78 is 4.44. The molecule has 0 fully saturated rings. The van der Waals surface area contributed by atoms with Crippen LogP contribution < -0.4 is 0 Å². The number of hydrogen-bond acceptors (Lipinski definition) is 3. The molecule has 0 aliphatic carbocycles. The van der Waals surface area contributed by atoms with E-state index in [0.717, 1.165) is 5.56 Å². The Labute approximate surface area is 82.0 Å². The van der Waals surface area contributed by atoms with Crippen LogP contribution in [0, 0.1) is 0 Å². The van der Waals surface area contributed by atoms with Crippen molar-refractivity contribution in [2.24, 2.45) is 0 Å². The molecule has 14 heavy (non-hydrogen) atoms. The zero-order valence-electron chi connectivity index (χ0n) is 7.82. The van der Waals surface area contributed by atoms with E-state index >= 15 is 0 Å². The van der Waals surface area contributed by atoms with Gasteiger partial charge in [-0.15, -0.1) is 0 Å². The van der Waals surface area contributed by atoms with E-state index in [2.05, 4.69) is 4.74 Å². The average Bonchev–Trinajstić information content (AvgIpc) is 2.26. The van der Waals surface area contributed by atoms with Gasteiger partial charge in [0.2, 0.25) is 0 Å². The Bertz CT molecular complexity index is 361. The minimum atomic E-state index is -0.621. The second-order valence-electron chi connectivity index (χ2n) is 2.73. The predicted molar refractivity (Wildman–Crippen MR) is 51.4 cm³/mol. The molecule has 0 spiro atoms. The normalized spacial score (nSPS) is 8.93. The SMILES string of the molecule is COC(=O)C(=C=O)Cc1ccccc1. The minimum absolute atomic E-state index is 0.0127. The number of methoxy groups -OCH3 is 1. The number of ether oxygens (including phenoxy) is 1. The lowest BCUT2D eigenvalue weighted by Crippen LogP contribution is -2.07. The minimum Gasteiger partial charge on any atom is -0.465 e. The largest absolute Gasteiger partial charge is 0.465 e. The first-order valence-electron chi connectivity index (χ1n) is 4.14. The first kappa shape index (κ1) is 10.2. The summed E-state index contributed by atoms with van der Waals surface area (Å²) in [6, 6.07) is 9.22. The van der Waals surface area contributed by atoms with Crippen molar-refractivity contribution in [3.05, 3.63) is 41.5 Å². The molecule has 0 aromatic heterocycles. The molecule has 72 valence electrons. The zero-order valence-corrected chi connectivity index (χ0v) is 7.82. The van der Waals surface area contributed by atoms with Gasteiger partial charge in [-0.1, -0.05) is 30.3 Å². The van der Waals surface area contributed by atoms with Gasteiger partial charge in [0.15, 0.2) is 0 Å². The molecule has 0 radical (unpaired) electrons. The molecule has 3 heteroatoms. The second kappa shape index (κ2) is 5.00. The van der Waals surface area contributed by atoms with Crippen LogP contribution in [-0.4, -0.2) is 19.0 Å². The van der Waals surface area contributed by atoms with Crippen molar-refractivity contribution in [3.8, 4) is 0 Å². The molecular weight excluding hydrogens is 180 g/mol. The van der Waals surface area contributed by atoms with E-state index in [1.165, 1.54) is 7.11 Å². The molecule has 0 saturated heterocycles. The quantitative estimate of drug-likeness (QED) is 0.408. The average molecular weight is 190 g/mol. The van der Waals surface area contributed by atoms with Crippen LogP contribution in [-0.2, 0) is 20.7 Å². The van der Waals surface area contributed by atoms with Gasteiger partial charge in [-0.05, 0) is 5.56 Å². The molecule has 0 unspecified atom stereocenters. The van der Waals surface area contributed by atoms with E-state index < -0.39 is 5.97 Å². The predicted octanol–water partition coefficient (Wildman–Crippen LogP) is 1.16. The molecule has 0 bridgehead atoms. The number of rotatable bonds is 3. The first-order valence-corrected chi connectivity index (χ1v) is 4.14. The van der Waals surface area contributed by atoms with Gasteiger partial charge in [0.25, 0.3) is 0 Å². The smallest absolute Gasteiger partial charge is 0.345 e. The summed E-state index contributed by atoms with van der Waals surface area (Å²) in [5.41, 5.74) is 0.898. The lowest BCUT2D eigenvalue weighted by Gasteiger charge is -2.00. The summed E-state index contributed by atoms with van der Waals surface area (Å²) in [5, 5.41) is 0. The molecule has 0 saturated carbocycles. The van der Waals surface area contributed by atoms with Gasteiger partial charge in [-0.3, -0.25) is 0 Å². The Morgan fingerprint density at radius 3 is 2.50 bits per heavy atom. The first-order chi connectivity index (χ1) is 6.77. The van der Waals surface area contributed by atoms with Crippen LogP contribution in [0.4, 0.5) is 0 Å². The zero-order chi connectivity index (χ0) is 10.4. The van der Waals surface area contributed by atoms with Gasteiger partial charge in [-0.25, -0.2) is 9.59 Å². The van der Waals surface area contributed by atoms with Crippen LogP contribution in [0.2, 0.25) is 0 Å². The van der Waals surface area contributed by atoms with Crippen LogP contribution in [0.15, 0.2) is 35.9 Å². The third kappa shape index (κ3) is 2.57. The molecule has 0 aliphatic heterocycles. The topological polar surface area (TPSA) is 43.4 Å². The summed E-state index contributed by atoms with van der Waals surface area (Å²) in [5.74, 6) is 0.972. The van der Waals surface area contributed by atoms with Crippen molar-refractivity contribution in [2.75, 3.05) is 7.11 Å². The van der Waals surface area contributed by atoms with Crippen molar-refractivity contribution in [1.82, 2.24) is 0 Å². The molecule has 3 nitrogen and oxygen atoms in total. The standard InChI is InChI=1S/C11H10O3/c1-14-11(13)10(8-12)7-9-5-3-2-4-6-9/h2-6H,7H2,1H3. The summed E-state index contributed by atoms with van der Waals surface area (Å²) in [6.07, 6.45) is 0.261. The lowest BCUT2D eigenvalue weighted by atomic mass is 10.1. The van der Waals surface area contributed by atoms with Crippen molar-refractivity contribution >= 4 is 11.9 Å². The van der Waals surface area contributed by atoms with Crippen molar-refractivity contribution in [2.45, 2.75) is 6.42 Å². The van der Waals surface area contributed by atoms with Crippen LogP contribution in [0.1, 0.15) is 5.56 Å². The van der Waals surface area contributed by atoms with Crippen molar-refractivity contribution in [1.29, 1.82) is 0 Å². The highest BCUT2D eigenvalue weighted by molar-refractivity contribution is 5.97. The van der Waals surface area contributed by atoms with E-state index in [1.807, 2.05) is 30.3 Å². The highest BCUT2D eigenvalue weighted by atomic mass is 16.5. The number of hydrogen-bond donors (Lipinski definition) is 0. The maximum Gasteiger partial charge on any atom is 0.345 e. The third-order valence-corrected chi connectivity index (χ3v) is 1.78. The number of benzene rings is 1. The fourth-order valence-electron chi connectivity index (χ4n) is 1.07. The van der Waals surface area contributed by atoms with Crippen molar-refractivity contribution < 1.29 is 14.3 Å². The van der Waals surface area contributed by atoms with E-state index in [-0.39, 0.29) is 12.0 Å². The maximum atomic E-state index is 11.0. The molecule has 1 rings (SSSR count). The Morgan fingerprint density at radius 2 is 2.00 bits per heavy atom. The lowest BCUT2D eigenvalue weighted by molar-refractivity contribution is -0.136. The molecule has 1 aromatic rings. The van der Waals surface area contributed by atoms with Crippen molar-refractivity contribution in [3.63, 3.8) is 0 Å². The fourth-order valence-corrected chi connectivity index (χ4v) is 1.07. The highest BCUT2D eigenvalue weighted by Crippen LogP contribution is 2.06. The van der Waals surface area contributed by atoms with Gasteiger partial charge >= 0.3 is 5.97 Å². The monoisotopic (exact) mass is 190 g/mol. The third-order valence-electron chi connectivity index (χ3n) is 1.78. The Hall–Kier alpha value is -1.86. The van der Waals surface area contributed by atoms with Crippen LogP contribution in [0.25, 0.3) is 0 Å². The second-order valence-corrected chi connectivity index (χ2v) is 2.73. The summed E-state index contributed by atoms with van der Waals surface area (Å²) in [7, 11) is 1.24. The van der Waals surface area contributed by atoms with Crippen LogP contribution in [0.5, 0.6) is 0 Å². The maximum absolute atomic E-state index is 11.0. The molecule has 0 atom stereocenters. The molecule has 0 heterocycles. The molecular formula is C11H10O3. The van der Waals surface area contributed by atoms with E-state index in [4.69, 9.17) is 0 Å². The van der Waals surface area contributed by atoms with Gasteiger partial charge in [0.1, 0.15) is 11.5 Å². The van der Waals surface area contributed by atoms with E-state index in [0.29, 0.717) is 0 Å². The Morgan fingerprint density at radius 1 is 1.36 bits per heavy atom. The highest BCUT2D eigenvalue weighted by Gasteiger charge is 2.10. The summed E-state index contributed by atoms with van der Waals surface area (Å²) >= 11 is 0. The van der Waals surface area contributed by atoms with E-state index in [9.17, 15) is 9.59 Å². The van der Waals surface area contributed by atoms with Gasteiger partial charge in [0.05, 0.1) is 7.11 Å². The van der Waals surface area contributed by atoms with E-state index in [1.54, 1.807) is 5.94 Å².